The molecule has 1 aromatic rings. The number of carbonyl (C=O) groups excluding carboxylic acids is 1. The van der Waals surface area contributed by atoms with Gasteiger partial charge in [0.2, 0.25) is 0 Å². The van der Waals surface area contributed by atoms with E-state index in [1.807, 2.05) is 44.2 Å². The summed E-state index contributed by atoms with van der Waals surface area (Å²) in [5, 5.41) is 9.30. The third kappa shape index (κ3) is 1.67. The lowest BCUT2D eigenvalue weighted by Gasteiger charge is -2.32. The number of anilines is 1. The normalized spacial score (nSPS) is 23.3. The van der Waals surface area contributed by atoms with Crippen molar-refractivity contribution in [2.24, 2.45) is 0 Å². The molecule has 1 aromatic carbocycles. The van der Waals surface area contributed by atoms with Crippen molar-refractivity contribution in [3.63, 3.8) is 0 Å². The van der Waals surface area contributed by atoms with E-state index in [2.05, 4.69) is 5.48 Å². The molecule has 0 aliphatic carbocycles. The van der Waals surface area contributed by atoms with Crippen molar-refractivity contribution in [1.29, 1.82) is 0 Å². The molecule has 0 aromatic heterocycles. The molecule has 5 heteroatoms. The summed E-state index contributed by atoms with van der Waals surface area (Å²) < 4.78 is 0. The van der Waals surface area contributed by atoms with Gasteiger partial charge in [0.15, 0.2) is 0 Å². The van der Waals surface area contributed by atoms with Crippen LogP contribution in [-0.4, -0.2) is 34.9 Å². The van der Waals surface area contributed by atoms with E-state index in [4.69, 9.17) is 0 Å². The topological polar surface area (TPSA) is 55.8 Å². The summed E-state index contributed by atoms with van der Waals surface area (Å²) in [5.74, 6) is 0. The van der Waals surface area contributed by atoms with E-state index in [0.29, 0.717) is 0 Å². The van der Waals surface area contributed by atoms with E-state index in [1.165, 1.54) is 0 Å². The van der Waals surface area contributed by atoms with Crippen LogP contribution in [0.3, 0.4) is 0 Å². The van der Waals surface area contributed by atoms with Crippen LogP contribution in [0.15, 0.2) is 30.3 Å². The van der Waals surface area contributed by atoms with Crippen molar-refractivity contribution in [3.05, 3.63) is 30.3 Å². The molecule has 1 saturated heterocycles. The molecule has 1 fully saturated rings. The molecule has 1 atom stereocenters. The molecular formula is C12H17N3O2. The molecule has 1 heterocycles. The highest BCUT2D eigenvalue weighted by Crippen LogP contribution is 2.33. The molecule has 2 amide bonds. The van der Waals surface area contributed by atoms with Gasteiger partial charge in [-0.25, -0.2) is 4.79 Å². The van der Waals surface area contributed by atoms with Gasteiger partial charge in [-0.15, -0.1) is 0 Å². The summed E-state index contributed by atoms with van der Waals surface area (Å²) in [4.78, 5) is 15.4. The maximum absolute atomic E-state index is 12.2. The second-order valence-electron chi connectivity index (χ2n) is 4.73. The van der Waals surface area contributed by atoms with Gasteiger partial charge in [-0.05, 0) is 26.0 Å². The number of rotatable bonds is 2. The Bertz CT molecular complexity index is 419. The van der Waals surface area contributed by atoms with Crippen LogP contribution in [0.5, 0.6) is 0 Å². The summed E-state index contributed by atoms with van der Waals surface area (Å²) in [7, 11) is 1.73. The van der Waals surface area contributed by atoms with E-state index in [0.717, 1.165) is 5.69 Å². The fourth-order valence-electron chi connectivity index (χ4n) is 2.08. The minimum Gasteiger partial charge on any atom is -0.319 e. The number of hydrogen-bond acceptors (Lipinski definition) is 3. The quantitative estimate of drug-likeness (QED) is 0.766. The third-order valence-electron chi connectivity index (χ3n) is 3.44. The maximum Gasteiger partial charge on any atom is 0.326 e. The zero-order valence-electron chi connectivity index (χ0n) is 10.2. The van der Waals surface area contributed by atoms with Crippen molar-refractivity contribution in [1.82, 2.24) is 10.4 Å². The van der Waals surface area contributed by atoms with Crippen LogP contribution in [-0.2, 0) is 0 Å². The minimum atomic E-state index is -0.484. The smallest absolute Gasteiger partial charge is 0.319 e. The van der Waals surface area contributed by atoms with E-state index in [1.54, 1.807) is 16.8 Å². The Hall–Kier alpha value is -1.59. The summed E-state index contributed by atoms with van der Waals surface area (Å²) in [6, 6.07) is 9.17. The molecule has 17 heavy (non-hydrogen) atoms. The molecule has 2 rings (SSSR count). The highest BCUT2D eigenvalue weighted by atomic mass is 16.5. The van der Waals surface area contributed by atoms with Crippen molar-refractivity contribution in [3.8, 4) is 0 Å². The average Bonchev–Trinajstić information content (AvgIpc) is 2.50. The Morgan fingerprint density at radius 2 is 1.88 bits per heavy atom. The van der Waals surface area contributed by atoms with E-state index in [9.17, 15) is 10.0 Å². The summed E-state index contributed by atoms with van der Waals surface area (Å²) in [6.45, 7) is 3.81. The summed E-state index contributed by atoms with van der Waals surface area (Å²) >= 11 is 0. The molecule has 5 nitrogen and oxygen atoms in total. The Kier molecular flexibility index (Phi) is 2.81. The van der Waals surface area contributed by atoms with Crippen molar-refractivity contribution < 1.29 is 10.0 Å². The van der Waals surface area contributed by atoms with Crippen molar-refractivity contribution in [2.45, 2.75) is 25.6 Å². The maximum atomic E-state index is 12.2. The lowest BCUT2D eigenvalue weighted by molar-refractivity contribution is 0.0769. The molecular weight excluding hydrogens is 218 g/mol. The number of amides is 2. The van der Waals surface area contributed by atoms with Gasteiger partial charge in [-0.1, -0.05) is 18.2 Å². The summed E-state index contributed by atoms with van der Waals surface area (Å²) in [6.07, 6.45) is -0.470. The first-order chi connectivity index (χ1) is 8.00. The van der Waals surface area contributed by atoms with Gasteiger partial charge in [0.05, 0.1) is 5.54 Å². The number of carbonyl (C=O) groups is 1. The number of nitrogens with zero attached hydrogens (tertiary/aromatic N) is 2. The van der Waals surface area contributed by atoms with Gasteiger partial charge in [0.25, 0.3) is 0 Å². The average molecular weight is 235 g/mol. The van der Waals surface area contributed by atoms with Crippen molar-refractivity contribution in [2.75, 3.05) is 11.9 Å². The number of para-hydroxylation sites is 1. The predicted octanol–water partition coefficient (Wildman–Crippen LogP) is 1.64. The number of benzene rings is 1. The Morgan fingerprint density at radius 1 is 1.29 bits per heavy atom. The van der Waals surface area contributed by atoms with Gasteiger partial charge in [-0.3, -0.25) is 4.90 Å². The van der Waals surface area contributed by atoms with Gasteiger partial charge >= 0.3 is 6.03 Å². The lowest BCUT2D eigenvalue weighted by Crippen LogP contribution is -2.53. The van der Waals surface area contributed by atoms with Crippen LogP contribution in [0.4, 0.5) is 10.5 Å². The molecule has 1 unspecified atom stereocenters. The fourth-order valence-corrected chi connectivity index (χ4v) is 2.08. The van der Waals surface area contributed by atoms with Crippen molar-refractivity contribution >= 4 is 11.7 Å². The molecule has 0 radical (unpaired) electrons. The van der Waals surface area contributed by atoms with Gasteiger partial charge < -0.3 is 10.1 Å². The minimum absolute atomic E-state index is 0.132. The number of likely N-dealkylation sites (N-methyl/N-ethyl adjacent to an activating group) is 1. The first kappa shape index (κ1) is 11.9. The monoisotopic (exact) mass is 235 g/mol. The number of urea groups is 1. The van der Waals surface area contributed by atoms with Crippen LogP contribution < -0.4 is 10.4 Å². The molecule has 92 valence electrons. The van der Waals surface area contributed by atoms with Gasteiger partial charge in [0, 0.05) is 12.7 Å². The number of nitrogens with one attached hydrogen (secondary N) is 1. The Morgan fingerprint density at radius 3 is 2.41 bits per heavy atom. The lowest BCUT2D eigenvalue weighted by atomic mass is 10.0. The largest absolute Gasteiger partial charge is 0.326 e. The molecule has 1 aliphatic heterocycles. The SMILES string of the molecule is CN1C(=O)N(c2ccccc2)C(NO)C1(C)C. The van der Waals surface area contributed by atoms with E-state index >= 15 is 0 Å². The van der Waals surface area contributed by atoms with E-state index < -0.39 is 11.7 Å². The van der Waals surface area contributed by atoms with Crippen LogP contribution in [0, 0.1) is 0 Å². The Balaban J connectivity index is 2.44. The molecule has 0 bridgehead atoms. The predicted molar refractivity (Wildman–Crippen MR) is 64.9 cm³/mol. The zero-order valence-corrected chi connectivity index (χ0v) is 10.2. The second-order valence-corrected chi connectivity index (χ2v) is 4.73. The van der Waals surface area contributed by atoms with Crippen LogP contribution >= 0.6 is 0 Å². The van der Waals surface area contributed by atoms with Crippen LogP contribution in [0.2, 0.25) is 0 Å². The van der Waals surface area contributed by atoms with Gasteiger partial charge in [0.1, 0.15) is 6.17 Å². The highest BCUT2D eigenvalue weighted by Gasteiger charge is 2.50. The van der Waals surface area contributed by atoms with Crippen LogP contribution in [0.25, 0.3) is 0 Å². The van der Waals surface area contributed by atoms with E-state index in [-0.39, 0.29) is 6.03 Å². The second kappa shape index (κ2) is 4.01. The molecule has 0 saturated carbocycles. The number of hydroxylamine groups is 1. The third-order valence-corrected chi connectivity index (χ3v) is 3.44. The first-order valence-electron chi connectivity index (χ1n) is 5.52. The summed E-state index contributed by atoms with van der Waals surface area (Å²) in [5.41, 5.74) is 2.51. The molecule has 0 spiro atoms. The standard InChI is InChI=1S/C12H17N3O2/c1-12(2)10(13-17)15(11(16)14(12)3)9-7-5-4-6-8-9/h4-8,10,13,17H,1-3H3. The molecule has 1 aliphatic rings. The highest BCUT2D eigenvalue weighted by molar-refractivity contribution is 5.95. The first-order valence-corrected chi connectivity index (χ1v) is 5.52. The molecule has 2 N–H and O–H groups in total. The fraction of sp³-hybridized carbons (Fsp3) is 0.417. The van der Waals surface area contributed by atoms with Crippen LogP contribution in [0.1, 0.15) is 13.8 Å². The Labute approximate surface area is 101 Å². The zero-order chi connectivity index (χ0) is 12.6. The number of hydrogen-bond donors (Lipinski definition) is 2. The van der Waals surface area contributed by atoms with Gasteiger partial charge in [-0.2, -0.15) is 5.48 Å².